The van der Waals surface area contributed by atoms with Crippen molar-refractivity contribution in [3.63, 3.8) is 0 Å². The maximum atomic E-state index is 12.7. The molecular weight excluding hydrogens is 398 g/mol. The number of rotatable bonds is 5. The summed E-state index contributed by atoms with van der Waals surface area (Å²) in [7, 11) is 1.46. The first-order valence-electron chi connectivity index (χ1n) is 8.52. The van der Waals surface area contributed by atoms with Crippen molar-refractivity contribution >= 4 is 35.1 Å². The van der Waals surface area contributed by atoms with Gasteiger partial charge in [0.15, 0.2) is 5.76 Å². The molecule has 1 saturated heterocycles. The van der Waals surface area contributed by atoms with Crippen molar-refractivity contribution in [1.29, 1.82) is 0 Å². The van der Waals surface area contributed by atoms with E-state index < -0.39 is 17.8 Å². The van der Waals surface area contributed by atoms with Crippen molar-refractivity contribution in [3.05, 3.63) is 65.6 Å². The van der Waals surface area contributed by atoms with Gasteiger partial charge >= 0.3 is 17.8 Å². The fourth-order valence-corrected chi connectivity index (χ4v) is 3.11. The van der Waals surface area contributed by atoms with Crippen molar-refractivity contribution in [1.82, 2.24) is 9.88 Å². The Hall–Kier alpha value is -3.65. The van der Waals surface area contributed by atoms with Gasteiger partial charge < -0.3 is 9.15 Å². The summed E-state index contributed by atoms with van der Waals surface area (Å²) in [6, 6.07) is 12.5. The van der Waals surface area contributed by atoms with Crippen LogP contribution < -0.4 is 9.64 Å². The van der Waals surface area contributed by atoms with Gasteiger partial charge in [-0.25, -0.2) is 19.6 Å². The molecule has 0 radical (unpaired) electrons. The van der Waals surface area contributed by atoms with Crippen LogP contribution in [-0.2, 0) is 16.1 Å². The highest BCUT2D eigenvalue weighted by Crippen LogP contribution is 2.28. The molecule has 1 aliphatic rings. The van der Waals surface area contributed by atoms with E-state index in [1.165, 1.54) is 25.4 Å². The van der Waals surface area contributed by atoms with Gasteiger partial charge in [-0.15, -0.1) is 0 Å². The Labute approximate surface area is 170 Å². The number of methoxy groups -OCH3 is 1. The number of amides is 4. The van der Waals surface area contributed by atoms with Crippen LogP contribution in [-0.4, -0.2) is 34.8 Å². The number of halogens is 1. The molecule has 4 amide bonds. The summed E-state index contributed by atoms with van der Waals surface area (Å²) in [4.78, 5) is 43.2. The lowest BCUT2D eigenvalue weighted by Crippen LogP contribution is -2.33. The summed E-state index contributed by atoms with van der Waals surface area (Å²) in [5, 5.41) is 0.532. The predicted octanol–water partition coefficient (Wildman–Crippen LogP) is 3.50. The van der Waals surface area contributed by atoms with Crippen molar-refractivity contribution < 1.29 is 23.5 Å². The molecule has 0 unspecified atom stereocenters. The van der Waals surface area contributed by atoms with Gasteiger partial charge in [0.1, 0.15) is 12.3 Å². The molecule has 0 aliphatic carbocycles. The monoisotopic (exact) mass is 411 g/mol. The molecule has 0 spiro atoms. The highest BCUT2D eigenvalue weighted by molar-refractivity contribution is 6.52. The maximum Gasteiger partial charge on any atom is 0.339 e. The first-order chi connectivity index (χ1) is 14.0. The minimum atomic E-state index is -0.958. The third-order valence-corrected chi connectivity index (χ3v) is 4.56. The number of benzene rings is 2. The topological polar surface area (TPSA) is 92.9 Å². The van der Waals surface area contributed by atoms with Crippen molar-refractivity contribution in [2.75, 3.05) is 12.0 Å². The fourth-order valence-electron chi connectivity index (χ4n) is 2.92. The molecule has 2 aromatic carbocycles. The highest BCUT2D eigenvalue weighted by atomic mass is 35.5. The maximum absolute atomic E-state index is 12.7. The third-order valence-electron chi connectivity index (χ3n) is 4.32. The number of carbonyl (C=O) groups is 3. The number of hydrogen-bond donors (Lipinski definition) is 0. The number of nitrogens with zero attached hydrogens (tertiary/aromatic N) is 3. The summed E-state index contributed by atoms with van der Waals surface area (Å²) in [6.45, 7) is -0.273. The molecule has 4 rings (SSSR count). The SMILES string of the molecule is COc1cccc(N2C(=O)C(=O)N(Cc3ncc(-c4cccc(Cl)c4)o3)C2=O)c1. The highest BCUT2D eigenvalue weighted by Gasteiger charge is 2.46. The average molecular weight is 412 g/mol. The van der Waals surface area contributed by atoms with Crippen LogP contribution >= 0.6 is 11.6 Å². The van der Waals surface area contributed by atoms with Crippen molar-refractivity contribution in [2.24, 2.45) is 0 Å². The van der Waals surface area contributed by atoms with Crippen LogP contribution in [0.3, 0.4) is 0 Å². The van der Waals surface area contributed by atoms with E-state index in [1.807, 2.05) is 0 Å². The molecule has 1 fully saturated rings. The summed E-state index contributed by atoms with van der Waals surface area (Å²) >= 11 is 5.98. The quantitative estimate of drug-likeness (QED) is 0.471. The van der Waals surface area contributed by atoms with Gasteiger partial charge in [-0.05, 0) is 24.3 Å². The summed E-state index contributed by atoms with van der Waals surface area (Å²) in [6.07, 6.45) is 1.47. The van der Waals surface area contributed by atoms with Crippen LogP contribution in [0.15, 0.2) is 59.1 Å². The molecule has 9 heteroatoms. The Kier molecular flexibility index (Phi) is 4.77. The predicted molar refractivity (Wildman–Crippen MR) is 103 cm³/mol. The van der Waals surface area contributed by atoms with Crippen LogP contribution in [0.4, 0.5) is 10.5 Å². The minimum absolute atomic E-state index is 0.113. The van der Waals surface area contributed by atoms with E-state index in [2.05, 4.69) is 4.98 Å². The fraction of sp³-hybridized carbons (Fsp3) is 0.100. The number of carbonyl (C=O) groups excluding carboxylic acids is 3. The van der Waals surface area contributed by atoms with Crippen LogP contribution in [0.25, 0.3) is 11.3 Å². The lowest BCUT2D eigenvalue weighted by Gasteiger charge is -2.15. The number of aromatic nitrogens is 1. The first kappa shape index (κ1) is 18.7. The van der Waals surface area contributed by atoms with E-state index in [1.54, 1.807) is 36.4 Å². The smallest absolute Gasteiger partial charge is 0.339 e. The van der Waals surface area contributed by atoms with Gasteiger partial charge in [-0.3, -0.25) is 9.59 Å². The van der Waals surface area contributed by atoms with Crippen LogP contribution in [0.2, 0.25) is 5.02 Å². The van der Waals surface area contributed by atoms with E-state index in [-0.39, 0.29) is 18.1 Å². The summed E-state index contributed by atoms with van der Waals surface area (Å²) in [5.41, 5.74) is 0.937. The molecule has 0 atom stereocenters. The number of anilines is 1. The Morgan fingerprint density at radius 1 is 1.07 bits per heavy atom. The molecule has 0 N–H and O–H groups in total. The molecule has 0 bridgehead atoms. The lowest BCUT2D eigenvalue weighted by molar-refractivity contribution is -0.139. The van der Waals surface area contributed by atoms with Crippen molar-refractivity contribution in [2.45, 2.75) is 6.54 Å². The molecule has 2 heterocycles. The zero-order chi connectivity index (χ0) is 20.5. The molecule has 1 aromatic heterocycles. The normalized spacial score (nSPS) is 14.1. The third kappa shape index (κ3) is 3.45. The number of hydrogen-bond acceptors (Lipinski definition) is 6. The standard InChI is InChI=1S/C20H14ClN3O5/c1-28-15-7-3-6-14(9-15)24-19(26)18(25)23(20(24)27)11-17-22-10-16(29-17)12-4-2-5-13(21)8-12/h2-10H,11H2,1H3. The Morgan fingerprint density at radius 2 is 1.86 bits per heavy atom. The summed E-state index contributed by atoms with van der Waals surface area (Å²) in [5.74, 6) is -0.919. The Morgan fingerprint density at radius 3 is 2.62 bits per heavy atom. The zero-order valence-electron chi connectivity index (χ0n) is 15.2. The number of imide groups is 2. The average Bonchev–Trinajstić information content (AvgIpc) is 3.27. The first-order valence-corrected chi connectivity index (χ1v) is 8.90. The molecule has 3 aromatic rings. The molecule has 8 nitrogen and oxygen atoms in total. The minimum Gasteiger partial charge on any atom is -0.497 e. The van der Waals surface area contributed by atoms with Crippen LogP contribution in [0.1, 0.15) is 5.89 Å². The van der Waals surface area contributed by atoms with Gasteiger partial charge in [-0.1, -0.05) is 29.8 Å². The molecule has 1 aliphatic heterocycles. The number of ether oxygens (including phenoxy) is 1. The van der Waals surface area contributed by atoms with Crippen molar-refractivity contribution in [3.8, 4) is 17.1 Å². The summed E-state index contributed by atoms with van der Waals surface area (Å²) < 4.78 is 10.7. The number of urea groups is 1. The second-order valence-corrected chi connectivity index (χ2v) is 6.58. The Balaban J connectivity index is 1.57. The van der Waals surface area contributed by atoms with Gasteiger partial charge in [0.25, 0.3) is 0 Å². The molecule has 146 valence electrons. The van der Waals surface area contributed by atoms with E-state index >= 15 is 0 Å². The second kappa shape index (κ2) is 7.40. The van der Waals surface area contributed by atoms with Gasteiger partial charge in [0.05, 0.1) is 19.0 Å². The lowest BCUT2D eigenvalue weighted by atomic mass is 10.2. The second-order valence-electron chi connectivity index (χ2n) is 6.14. The van der Waals surface area contributed by atoms with Gasteiger partial charge in [-0.2, -0.15) is 0 Å². The molecule has 29 heavy (non-hydrogen) atoms. The van der Waals surface area contributed by atoms with E-state index in [0.717, 1.165) is 9.80 Å². The van der Waals surface area contributed by atoms with Gasteiger partial charge in [0, 0.05) is 16.7 Å². The van der Waals surface area contributed by atoms with Crippen LogP contribution in [0, 0.1) is 0 Å². The largest absolute Gasteiger partial charge is 0.497 e. The van der Waals surface area contributed by atoms with Crippen LogP contribution in [0.5, 0.6) is 5.75 Å². The Bertz CT molecular complexity index is 1130. The zero-order valence-corrected chi connectivity index (χ0v) is 15.9. The van der Waals surface area contributed by atoms with E-state index in [0.29, 0.717) is 22.1 Å². The molecule has 0 saturated carbocycles. The van der Waals surface area contributed by atoms with E-state index in [4.69, 9.17) is 20.8 Å². The van der Waals surface area contributed by atoms with E-state index in [9.17, 15) is 14.4 Å². The van der Waals surface area contributed by atoms with Gasteiger partial charge in [0.2, 0.25) is 5.89 Å². The molecular formula is C20H14ClN3O5. The number of oxazole rings is 1.